The van der Waals surface area contributed by atoms with Crippen molar-refractivity contribution in [2.45, 2.75) is 39.5 Å². The summed E-state index contributed by atoms with van der Waals surface area (Å²) in [5, 5.41) is 4.06. The summed E-state index contributed by atoms with van der Waals surface area (Å²) < 4.78 is 17.6. The molecule has 2 N–H and O–H groups in total. The molecule has 1 aromatic rings. The monoisotopic (exact) mass is 279 g/mol. The second-order valence-corrected chi connectivity index (χ2v) is 4.79. The van der Waals surface area contributed by atoms with Crippen molar-refractivity contribution in [1.82, 2.24) is 0 Å². The molecule has 0 amide bonds. The Balaban J connectivity index is 0. The van der Waals surface area contributed by atoms with Gasteiger partial charge in [-0.1, -0.05) is 52.0 Å². The van der Waals surface area contributed by atoms with E-state index in [4.69, 9.17) is 8.42 Å². The van der Waals surface area contributed by atoms with Gasteiger partial charge < -0.3 is 0 Å². The Morgan fingerprint density at radius 3 is 1.35 bits per heavy atom. The van der Waals surface area contributed by atoms with Crippen LogP contribution in [-0.2, 0) is 10.9 Å². The molecule has 0 heterocycles. The zero-order valence-corrected chi connectivity index (χ0v) is 12.4. The van der Waals surface area contributed by atoms with E-state index in [1.165, 1.54) is 11.1 Å². The summed E-state index contributed by atoms with van der Waals surface area (Å²) in [5.74, 6) is 1.28. The SMILES string of the molecule is CC(C)c1ccccc1C(C)C.Cl.N[SH](=O)=O. The van der Waals surface area contributed by atoms with Crippen LogP contribution in [0.5, 0.6) is 0 Å². The third kappa shape index (κ3) is 8.18. The first-order valence-corrected chi connectivity index (χ1v) is 6.58. The van der Waals surface area contributed by atoms with Gasteiger partial charge in [0.25, 0.3) is 0 Å². The van der Waals surface area contributed by atoms with E-state index in [1.807, 2.05) is 0 Å². The fraction of sp³-hybridized carbons (Fsp3) is 0.500. The second kappa shape index (κ2) is 9.45. The van der Waals surface area contributed by atoms with Crippen molar-refractivity contribution >= 4 is 23.3 Å². The van der Waals surface area contributed by atoms with Crippen LogP contribution in [-0.4, -0.2) is 8.42 Å². The Morgan fingerprint density at radius 1 is 0.941 bits per heavy atom. The molecule has 100 valence electrons. The highest BCUT2D eigenvalue weighted by molar-refractivity contribution is 7.69. The fourth-order valence-corrected chi connectivity index (χ4v) is 1.56. The average molecular weight is 280 g/mol. The van der Waals surface area contributed by atoms with Gasteiger partial charge in [-0.15, -0.1) is 12.4 Å². The van der Waals surface area contributed by atoms with Crippen LogP contribution in [0, 0.1) is 0 Å². The first-order valence-electron chi connectivity index (χ1n) is 5.34. The standard InChI is InChI=1S/C12H18.ClH.H3NO2S/c1-9(2)11-7-5-6-8-12(11)10(3)4;;1-4(2)3/h5-10H,1-4H3;1H;4H,(H2,1,2,3). The maximum Gasteiger partial charge on any atom is 0.198 e. The molecule has 1 rings (SSSR count). The smallest absolute Gasteiger partial charge is 0.198 e. The summed E-state index contributed by atoms with van der Waals surface area (Å²) in [6.45, 7) is 9.00. The predicted octanol–water partition coefficient (Wildman–Crippen LogP) is 2.83. The molecule has 0 bridgehead atoms. The molecule has 0 aliphatic heterocycles. The van der Waals surface area contributed by atoms with Gasteiger partial charge >= 0.3 is 0 Å². The molecule has 1 aromatic carbocycles. The van der Waals surface area contributed by atoms with Gasteiger partial charge in [0, 0.05) is 0 Å². The number of halogens is 1. The number of hydrogen-bond donors (Lipinski definition) is 2. The predicted molar refractivity (Wildman–Crippen MR) is 76.4 cm³/mol. The van der Waals surface area contributed by atoms with Crippen LogP contribution in [0.25, 0.3) is 0 Å². The summed E-state index contributed by atoms with van der Waals surface area (Å²) in [7, 11) is -2.62. The minimum Gasteiger partial charge on any atom is -0.231 e. The molecule has 0 spiro atoms. The van der Waals surface area contributed by atoms with E-state index < -0.39 is 10.9 Å². The molecule has 0 fully saturated rings. The van der Waals surface area contributed by atoms with E-state index >= 15 is 0 Å². The van der Waals surface area contributed by atoms with Crippen LogP contribution in [0.4, 0.5) is 0 Å². The Hall–Kier alpha value is -0.580. The molecule has 0 aromatic heterocycles. The summed E-state index contributed by atoms with van der Waals surface area (Å²) in [4.78, 5) is 0. The van der Waals surface area contributed by atoms with Gasteiger partial charge in [-0.25, -0.2) is 13.6 Å². The zero-order valence-electron chi connectivity index (χ0n) is 10.7. The molecule has 0 aliphatic rings. The van der Waals surface area contributed by atoms with E-state index in [-0.39, 0.29) is 12.4 Å². The molecule has 0 unspecified atom stereocenters. The molecule has 0 aliphatic carbocycles. The van der Waals surface area contributed by atoms with Gasteiger partial charge in [0.2, 0.25) is 0 Å². The summed E-state index contributed by atoms with van der Waals surface area (Å²) in [6, 6.07) is 8.72. The minimum absolute atomic E-state index is 0. The van der Waals surface area contributed by atoms with Crippen molar-refractivity contribution in [3.05, 3.63) is 35.4 Å². The summed E-state index contributed by atoms with van der Waals surface area (Å²) >= 11 is 0. The Kier molecular flexibility index (Phi) is 10.4. The lowest BCUT2D eigenvalue weighted by Crippen LogP contribution is -1.97. The van der Waals surface area contributed by atoms with Gasteiger partial charge in [-0.2, -0.15) is 0 Å². The number of hydrogen-bond acceptors (Lipinski definition) is 2. The van der Waals surface area contributed by atoms with E-state index in [0.717, 1.165) is 0 Å². The van der Waals surface area contributed by atoms with E-state index in [0.29, 0.717) is 11.8 Å². The normalized spacial score (nSPS) is 9.88. The number of thiol groups is 1. The molecule has 0 radical (unpaired) electrons. The molecular weight excluding hydrogens is 258 g/mol. The largest absolute Gasteiger partial charge is 0.231 e. The van der Waals surface area contributed by atoms with Gasteiger partial charge in [-0.3, -0.25) is 0 Å². The van der Waals surface area contributed by atoms with Crippen molar-refractivity contribution in [2.24, 2.45) is 5.14 Å². The first kappa shape index (κ1) is 18.8. The molecule has 0 saturated heterocycles. The molecule has 17 heavy (non-hydrogen) atoms. The lowest BCUT2D eigenvalue weighted by Gasteiger charge is -2.14. The number of nitrogens with two attached hydrogens (primary N) is 1. The highest BCUT2D eigenvalue weighted by Gasteiger charge is 2.07. The maximum absolute atomic E-state index is 8.81. The topological polar surface area (TPSA) is 60.2 Å². The van der Waals surface area contributed by atoms with Gasteiger partial charge in [0.1, 0.15) is 0 Å². The average Bonchev–Trinajstić information content (AvgIpc) is 2.16. The number of rotatable bonds is 2. The number of benzene rings is 1. The van der Waals surface area contributed by atoms with Gasteiger partial charge in [-0.05, 0) is 23.0 Å². The molecule has 0 saturated carbocycles. The Bertz CT molecular complexity index is 355. The van der Waals surface area contributed by atoms with Crippen molar-refractivity contribution in [2.75, 3.05) is 0 Å². The summed E-state index contributed by atoms with van der Waals surface area (Å²) in [5.41, 5.74) is 2.99. The molecule has 5 heteroatoms. The van der Waals surface area contributed by atoms with Crippen molar-refractivity contribution in [3.63, 3.8) is 0 Å². The van der Waals surface area contributed by atoms with Crippen molar-refractivity contribution in [3.8, 4) is 0 Å². The molecule has 0 atom stereocenters. The van der Waals surface area contributed by atoms with Crippen LogP contribution >= 0.6 is 12.4 Å². The van der Waals surface area contributed by atoms with Gasteiger partial charge in [0.15, 0.2) is 10.9 Å². The Labute approximate surface area is 112 Å². The van der Waals surface area contributed by atoms with Crippen LogP contribution in [0.3, 0.4) is 0 Å². The Morgan fingerprint density at radius 2 is 1.18 bits per heavy atom. The van der Waals surface area contributed by atoms with Crippen molar-refractivity contribution in [1.29, 1.82) is 0 Å². The molecule has 3 nitrogen and oxygen atoms in total. The van der Waals surface area contributed by atoms with E-state index in [1.54, 1.807) is 0 Å². The highest BCUT2D eigenvalue weighted by Crippen LogP contribution is 2.25. The first-order chi connectivity index (χ1) is 7.36. The van der Waals surface area contributed by atoms with Crippen LogP contribution in [0.2, 0.25) is 0 Å². The van der Waals surface area contributed by atoms with Crippen molar-refractivity contribution < 1.29 is 8.42 Å². The van der Waals surface area contributed by atoms with Crippen LogP contribution < -0.4 is 5.14 Å². The fourth-order valence-electron chi connectivity index (χ4n) is 1.56. The lowest BCUT2D eigenvalue weighted by atomic mass is 9.91. The minimum atomic E-state index is -2.62. The third-order valence-corrected chi connectivity index (χ3v) is 2.24. The molecular formula is C12H22ClNO2S. The maximum atomic E-state index is 8.81. The second-order valence-electron chi connectivity index (χ2n) is 4.22. The quantitative estimate of drug-likeness (QED) is 0.818. The van der Waals surface area contributed by atoms with E-state index in [2.05, 4.69) is 57.1 Å². The summed E-state index contributed by atoms with van der Waals surface area (Å²) in [6.07, 6.45) is 0. The third-order valence-electron chi connectivity index (χ3n) is 2.24. The zero-order chi connectivity index (χ0) is 12.7. The van der Waals surface area contributed by atoms with Gasteiger partial charge in [0.05, 0.1) is 0 Å². The lowest BCUT2D eigenvalue weighted by molar-refractivity contribution is 0.616. The van der Waals surface area contributed by atoms with Crippen LogP contribution in [0.15, 0.2) is 24.3 Å². The van der Waals surface area contributed by atoms with E-state index in [9.17, 15) is 0 Å². The highest BCUT2D eigenvalue weighted by atomic mass is 35.5. The van der Waals surface area contributed by atoms with Crippen LogP contribution in [0.1, 0.15) is 50.7 Å².